The van der Waals surface area contributed by atoms with Crippen LogP contribution in [0.4, 0.5) is 0 Å². The molecule has 1 amide bonds. The monoisotopic (exact) mass is 430 g/mol. The number of rotatable bonds is 5. The summed E-state index contributed by atoms with van der Waals surface area (Å²) < 4.78 is 6.82. The first-order chi connectivity index (χ1) is 12.4. The molecule has 0 fully saturated rings. The molecule has 0 saturated heterocycles. The summed E-state index contributed by atoms with van der Waals surface area (Å²) in [5.74, 6) is 0.808. The number of nitrogens with one attached hydrogen (secondary N) is 1. The Kier molecular flexibility index (Phi) is 5.84. The first-order valence-electron chi connectivity index (χ1n) is 8.15. The van der Waals surface area contributed by atoms with Crippen LogP contribution < -0.4 is 5.43 Å². The molecule has 0 atom stereocenters. The minimum atomic E-state index is -0.148. The van der Waals surface area contributed by atoms with Crippen molar-refractivity contribution in [3.63, 3.8) is 0 Å². The van der Waals surface area contributed by atoms with Crippen molar-refractivity contribution in [2.75, 3.05) is 5.75 Å². The molecule has 3 aromatic rings. The number of hydrazone groups is 1. The summed E-state index contributed by atoms with van der Waals surface area (Å²) in [5, 5.41) is 5.17. The standard InChI is InChI=1S/C20H19BrN2O2S/c1-12-9-19(13(2)8-16(12)21)26-11-20(24)23-22-14(3)18-10-15-6-4-5-7-17(15)25-18/h4-10H,11H2,1-3H3,(H,23,24)/b22-14-. The van der Waals surface area contributed by atoms with Gasteiger partial charge in [0.05, 0.1) is 5.75 Å². The second kappa shape index (κ2) is 8.10. The van der Waals surface area contributed by atoms with Crippen LogP contribution in [0.1, 0.15) is 23.8 Å². The Hall–Kier alpha value is -2.05. The van der Waals surface area contributed by atoms with Crippen LogP contribution in [0.3, 0.4) is 0 Å². The molecule has 4 nitrogen and oxygen atoms in total. The van der Waals surface area contributed by atoms with Crippen molar-refractivity contribution in [2.24, 2.45) is 5.10 Å². The highest BCUT2D eigenvalue weighted by Gasteiger charge is 2.09. The van der Waals surface area contributed by atoms with Crippen LogP contribution in [0, 0.1) is 13.8 Å². The summed E-state index contributed by atoms with van der Waals surface area (Å²) in [6.45, 7) is 5.89. The molecule has 2 aromatic carbocycles. The van der Waals surface area contributed by atoms with Gasteiger partial charge < -0.3 is 4.42 Å². The zero-order chi connectivity index (χ0) is 18.7. The highest BCUT2D eigenvalue weighted by atomic mass is 79.9. The van der Waals surface area contributed by atoms with Crippen LogP contribution in [-0.2, 0) is 4.79 Å². The maximum absolute atomic E-state index is 12.1. The lowest BCUT2D eigenvalue weighted by molar-refractivity contribution is -0.118. The van der Waals surface area contributed by atoms with Gasteiger partial charge in [-0.05, 0) is 56.2 Å². The average molecular weight is 431 g/mol. The van der Waals surface area contributed by atoms with Gasteiger partial charge in [0, 0.05) is 14.8 Å². The van der Waals surface area contributed by atoms with Crippen LogP contribution in [-0.4, -0.2) is 17.4 Å². The number of fused-ring (bicyclic) bond motifs is 1. The molecular formula is C20H19BrN2O2S. The molecule has 1 aromatic heterocycles. The van der Waals surface area contributed by atoms with Crippen molar-refractivity contribution >= 4 is 50.3 Å². The Morgan fingerprint density at radius 3 is 2.73 bits per heavy atom. The van der Waals surface area contributed by atoms with Crippen molar-refractivity contribution in [1.82, 2.24) is 5.43 Å². The molecule has 3 rings (SSSR count). The third-order valence-electron chi connectivity index (χ3n) is 3.95. The van der Waals surface area contributed by atoms with Gasteiger partial charge in [-0.2, -0.15) is 5.10 Å². The minimum absolute atomic E-state index is 0.148. The van der Waals surface area contributed by atoms with E-state index in [-0.39, 0.29) is 5.91 Å². The lowest BCUT2D eigenvalue weighted by Gasteiger charge is -2.08. The van der Waals surface area contributed by atoms with E-state index in [9.17, 15) is 4.79 Å². The van der Waals surface area contributed by atoms with E-state index in [1.165, 1.54) is 11.8 Å². The number of carbonyl (C=O) groups excluding carboxylic acids is 1. The predicted molar refractivity (Wildman–Crippen MR) is 111 cm³/mol. The first-order valence-corrected chi connectivity index (χ1v) is 9.93. The highest BCUT2D eigenvalue weighted by molar-refractivity contribution is 9.10. The molecule has 0 aliphatic heterocycles. The van der Waals surface area contributed by atoms with Crippen LogP contribution in [0.25, 0.3) is 11.0 Å². The van der Waals surface area contributed by atoms with Gasteiger partial charge in [-0.1, -0.05) is 34.1 Å². The summed E-state index contributed by atoms with van der Waals surface area (Å²) in [7, 11) is 0. The van der Waals surface area contributed by atoms with E-state index in [0.29, 0.717) is 17.2 Å². The van der Waals surface area contributed by atoms with Gasteiger partial charge in [-0.15, -0.1) is 11.8 Å². The molecule has 0 aliphatic rings. The minimum Gasteiger partial charge on any atom is -0.455 e. The SMILES string of the molecule is C/C(=N/NC(=O)CSc1cc(C)c(Br)cc1C)c1cc2ccccc2o1. The first kappa shape index (κ1) is 18.7. The summed E-state index contributed by atoms with van der Waals surface area (Å²) >= 11 is 5.02. The number of aryl methyl sites for hydroxylation is 2. The zero-order valence-corrected chi connectivity index (χ0v) is 17.2. The van der Waals surface area contributed by atoms with Gasteiger partial charge >= 0.3 is 0 Å². The van der Waals surface area contributed by atoms with Crippen molar-refractivity contribution in [1.29, 1.82) is 0 Å². The third kappa shape index (κ3) is 4.37. The Morgan fingerprint density at radius 1 is 1.19 bits per heavy atom. The number of nitrogens with zero attached hydrogens (tertiary/aromatic N) is 1. The van der Waals surface area contributed by atoms with E-state index in [1.807, 2.05) is 51.1 Å². The predicted octanol–water partition coefficient (Wildman–Crippen LogP) is 5.44. The largest absolute Gasteiger partial charge is 0.455 e. The lowest BCUT2D eigenvalue weighted by atomic mass is 10.2. The second-order valence-electron chi connectivity index (χ2n) is 6.04. The average Bonchev–Trinajstić information content (AvgIpc) is 3.06. The molecule has 0 spiro atoms. The third-order valence-corrected chi connectivity index (χ3v) is 5.96. The molecule has 134 valence electrons. The Balaban J connectivity index is 1.61. The molecule has 0 saturated carbocycles. The second-order valence-corrected chi connectivity index (χ2v) is 7.91. The summed E-state index contributed by atoms with van der Waals surface area (Å²) in [4.78, 5) is 13.2. The Morgan fingerprint density at radius 2 is 1.96 bits per heavy atom. The van der Waals surface area contributed by atoms with Crippen molar-refractivity contribution in [2.45, 2.75) is 25.7 Å². The molecule has 0 unspecified atom stereocenters. The van der Waals surface area contributed by atoms with Crippen LogP contribution in [0.15, 0.2) is 61.4 Å². The Bertz CT molecular complexity index is 962. The number of carbonyl (C=O) groups is 1. The molecule has 1 N–H and O–H groups in total. The molecular weight excluding hydrogens is 412 g/mol. The van der Waals surface area contributed by atoms with Gasteiger partial charge in [0.15, 0.2) is 5.76 Å². The number of hydrogen-bond donors (Lipinski definition) is 1. The summed E-state index contributed by atoms with van der Waals surface area (Å²) in [5.41, 5.74) is 6.33. The van der Waals surface area contributed by atoms with E-state index in [2.05, 4.69) is 38.6 Å². The number of para-hydroxylation sites is 1. The van der Waals surface area contributed by atoms with E-state index in [1.54, 1.807) is 0 Å². The number of halogens is 1. The summed E-state index contributed by atoms with van der Waals surface area (Å²) in [6.07, 6.45) is 0. The number of furan rings is 1. The quantitative estimate of drug-likeness (QED) is 0.332. The van der Waals surface area contributed by atoms with Gasteiger partial charge in [-0.3, -0.25) is 4.79 Å². The van der Waals surface area contributed by atoms with Crippen LogP contribution >= 0.6 is 27.7 Å². The van der Waals surface area contributed by atoms with Crippen molar-refractivity contribution in [3.8, 4) is 0 Å². The highest BCUT2D eigenvalue weighted by Crippen LogP contribution is 2.28. The summed E-state index contributed by atoms with van der Waals surface area (Å²) in [6, 6.07) is 13.8. The van der Waals surface area contributed by atoms with Crippen LogP contribution in [0.5, 0.6) is 0 Å². The molecule has 6 heteroatoms. The van der Waals surface area contributed by atoms with Gasteiger partial charge in [0.25, 0.3) is 0 Å². The molecule has 26 heavy (non-hydrogen) atoms. The normalized spacial score (nSPS) is 11.8. The van der Waals surface area contributed by atoms with E-state index < -0.39 is 0 Å². The lowest BCUT2D eigenvalue weighted by Crippen LogP contribution is -2.21. The van der Waals surface area contributed by atoms with Gasteiger partial charge in [0.2, 0.25) is 5.91 Å². The fourth-order valence-corrected chi connectivity index (χ4v) is 3.80. The zero-order valence-electron chi connectivity index (χ0n) is 14.8. The maximum Gasteiger partial charge on any atom is 0.250 e. The molecule has 1 heterocycles. The molecule has 0 radical (unpaired) electrons. The number of thioether (sulfide) groups is 1. The fraction of sp³-hybridized carbons (Fsp3) is 0.200. The number of hydrogen-bond acceptors (Lipinski definition) is 4. The smallest absolute Gasteiger partial charge is 0.250 e. The number of benzene rings is 2. The maximum atomic E-state index is 12.1. The van der Waals surface area contributed by atoms with E-state index >= 15 is 0 Å². The van der Waals surface area contributed by atoms with E-state index in [0.717, 1.165) is 31.5 Å². The van der Waals surface area contributed by atoms with Gasteiger partial charge in [0.1, 0.15) is 11.3 Å². The molecule has 0 bridgehead atoms. The van der Waals surface area contributed by atoms with Crippen molar-refractivity contribution < 1.29 is 9.21 Å². The van der Waals surface area contributed by atoms with E-state index in [4.69, 9.17) is 4.42 Å². The topological polar surface area (TPSA) is 54.6 Å². The van der Waals surface area contributed by atoms with Gasteiger partial charge in [-0.25, -0.2) is 5.43 Å². The Labute approximate surface area is 165 Å². The fourth-order valence-electron chi connectivity index (χ4n) is 2.45. The van der Waals surface area contributed by atoms with Crippen LogP contribution in [0.2, 0.25) is 0 Å². The molecule has 0 aliphatic carbocycles. The number of amides is 1. The van der Waals surface area contributed by atoms with Crippen molar-refractivity contribution in [3.05, 3.63) is 63.8 Å².